The van der Waals surface area contributed by atoms with E-state index in [2.05, 4.69) is 258 Å². The first kappa shape index (κ1) is 49.5. The minimum absolute atomic E-state index is 0.0600. The van der Waals surface area contributed by atoms with Gasteiger partial charge in [0.15, 0.2) is 8.07 Å². The van der Waals surface area contributed by atoms with Crippen molar-refractivity contribution in [3.8, 4) is 0 Å². The Hall–Kier alpha value is -7.54. The minimum atomic E-state index is -2.91. The molecule has 2 unspecified atom stereocenters. The zero-order valence-corrected chi connectivity index (χ0v) is 47.8. The zero-order valence-electron chi connectivity index (χ0n) is 46.8. The van der Waals surface area contributed by atoms with Gasteiger partial charge >= 0.3 is 0 Å². The van der Waals surface area contributed by atoms with Crippen LogP contribution >= 0.6 is 0 Å². The third-order valence-electron chi connectivity index (χ3n) is 20.6. The van der Waals surface area contributed by atoms with Gasteiger partial charge in [0.1, 0.15) is 0 Å². The molecule has 3 aliphatic carbocycles. The van der Waals surface area contributed by atoms with E-state index in [9.17, 15) is 0 Å². The normalized spacial score (nSPS) is 20.4. The van der Waals surface area contributed by atoms with Crippen LogP contribution in [0.1, 0.15) is 109 Å². The van der Waals surface area contributed by atoms with Crippen LogP contribution in [0.5, 0.6) is 0 Å². The molecule has 6 heteroatoms. The summed E-state index contributed by atoms with van der Waals surface area (Å²) in [5.41, 5.74) is 17.2. The Morgan fingerprint density at radius 1 is 0.438 bits per heavy atom. The van der Waals surface area contributed by atoms with Crippen molar-refractivity contribution >= 4 is 103 Å². The first-order valence-electron chi connectivity index (χ1n) is 30.5. The third kappa shape index (κ3) is 7.53. The van der Waals surface area contributed by atoms with Crippen molar-refractivity contribution in [1.29, 1.82) is 0 Å². The standard InChI is InChI=1S/C74H73BN4Si/c1-73-49-26-27-50-74(73,2)79-67-48-47-59(76(54-29-10-3-11-30-54)55-31-12-4-13-32-55)52-65(67)75-64-45-24-25-46-66(64)78(57-35-16-6-17-36-57)69-53-68(70(73)72(79)71(69)75)77(56-33-14-5-15-34-56)58-37-28-44-63(51-58)80(60-38-18-7-19-39-60,61-40-20-8-21-41-61)62-42-22-9-23-43-62/h5-9,14-25,28,33-48,51-55H,3-4,10-13,26-27,29-32,49-50H2,1-2H3. The third-order valence-corrected chi connectivity index (χ3v) is 25.4. The monoisotopic (exact) mass is 1060 g/mol. The lowest BCUT2D eigenvalue weighted by Crippen LogP contribution is -2.74. The number of rotatable bonds is 11. The van der Waals surface area contributed by atoms with Gasteiger partial charge in [-0.25, -0.2) is 0 Å². The zero-order chi connectivity index (χ0) is 53.4. The Morgan fingerprint density at radius 3 is 1.60 bits per heavy atom. The first-order valence-corrected chi connectivity index (χ1v) is 32.5. The summed E-state index contributed by atoms with van der Waals surface area (Å²) < 4.78 is 0. The first-order chi connectivity index (χ1) is 39.5. The molecule has 3 aliphatic heterocycles. The summed E-state index contributed by atoms with van der Waals surface area (Å²) >= 11 is 0. The molecule has 3 heterocycles. The lowest BCUT2D eigenvalue weighted by Gasteiger charge is -2.52. The number of para-hydroxylation sites is 3. The molecule has 396 valence electrons. The van der Waals surface area contributed by atoms with Gasteiger partial charge < -0.3 is 19.6 Å². The molecule has 3 fully saturated rings. The van der Waals surface area contributed by atoms with E-state index in [0.717, 1.165) is 12.8 Å². The highest BCUT2D eigenvalue weighted by Crippen LogP contribution is 2.65. The highest BCUT2D eigenvalue weighted by molar-refractivity contribution is 7.20. The summed E-state index contributed by atoms with van der Waals surface area (Å²) in [6, 6.07) is 88.0. The molecule has 0 bridgehead atoms. The number of hydrogen-bond acceptors (Lipinski definition) is 4. The van der Waals surface area contributed by atoms with E-state index in [1.54, 1.807) is 0 Å². The minimum Gasteiger partial charge on any atom is -0.366 e. The maximum atomic E-state index is 2.99. The fourth-order valence-electron chi connectivity index (χ4n) is 16.9. The maximum absolute atomic E-state index is 2.99. The van der Waals surface area contributed by atoms with E-state index in [4.69, 9.17) is 0 Å². The Labute approximate surface area is 476 Å². The topological polar surface area (TPSA) is 13.0 Å². The van der Waals surface area contributed by atoms with Gasteiger partial charge in [-0.15, -0.1) is 0 Å². The number of hydrogen-bond donors (Lipinski definition) is 0. The summed E-state index contributed by atoms with van der Waals surface area (Å²) in [7, 11) is -2.91. The molecule has 15 rings (SSSR count). The quantitative estimate of drug-likeness (QED) is 0.0945. The van der Waals surface area contributed by atoms with Gasteiger partial charge in [-0.3, -0.25) is 0 Å². The molecule has 0 N–H and O–H groups in total. The van der Waals surface area contributed by atoms with Gasteiger partial charge in [-0.1, -0.05) is 216 Å². The Bertz CT molecular complexity index is 3600. The van der Waals surface area contributed by atoms with Crippen LogP contribution in [0, 0.1) is 0 Å². The molecule has 0 radical (unpaired) electrons. The molecular weight excluding hydrogens is 984 g/mol. The molecule has 2 atom stereocenters. The van der Waals surface area contributed by atoms with Gasteiger partial charge in [0.05, 0.1) is 11.2 Å². The molecule has 0 aromatic heterocycles. The lowest BCUT2D eigenvalue weighted by molar-refractivity contribution is 0.195. The fourth-order valence-corrected chi connectivity index (χ4v) is 21.7. The number of benzene rings is 9. The molecule has 9 aromatic rings. The summed E-state index contributed by atoms with van der Waals surface area (Å²) in [6.07, 6.45) is 18.0. The van der Waals surface area contributed by atoms with Crippen molar-refractivity contribution in [1.82, 2.24) is 0 Å². The van der Waals surface area contributed by atoms with Crippen molar-refractivity contribution in [2.45, 2.75) is 127 Å². The van der Waals surface area contributed by atoms with Crippen LogP contribution < -0.4 is 56.7 Å². The SMILES string of the molecule is CC12CCCCC1(C)N1c3ccc(N(C4CCCCC4)C4CCCCC4)cc3B3c4ccccc4N(c4ccccc4)c4cc(N(c5ccccc5)c5cccc([Si](c6ccccc6)(c6ccccc6)c6ccccc6)c5)c2c1c43. The molecule has 6 aliphatic rings. The van der Waals surface area contributed by atoms with Crippen LogP contribution in [0.3, 0.4) is 0 Å². The van der Waals surface area contributed by atoms with Crippen molar-refractivity contribution in [2.75, 3.05) is 19.6 Å². The van der Waals surface area contributed by atoms with Gasteiger partial charge in [0.2, 0.25) is 0 Å². The largest absolute Gasteiger partial charge is 0.366 e. The highest BCUT2D eigenvalue weighted by atomic mass is 28.3. The number of anilines is 9. The highest BCUT2D eigenvalue weighted by Gasteiger charge is 2.63. The maximum Gasteiger partial charge on any atom is 0.252 e. The fraction of sp³-hybridized carbons (Fsp3) is 0.270. The van der Waals surface area contributed by atoms with Crippen LogP contribution in [0.2, 0.25) is 0 Å². The van der Waals surface area contributed by atoms with Gasteiger partial charge in [-0.05, 0) is 149 Å². The molecule has 0 spiro atoms. The molecule has 4 nitrogen and oxygen atoms in total. The molecule has 9 aromatic carbocycles. The van der Waals surface area contributed by atoms with Gasteiger partial charge in [0.25, 0.3) is 6.71 Å². The van der Waals surface area contributed by atoms with Gasteiger partial charge in [0, 0.05) is 68.6 Å². The van der Waals surface area contributed by atoms with Crippen molar-refractivity contribution in [2.24, 2.45) is 0 Å². The number of nitrogens with zero attached hydrogens (tertiary/aromatic N) is 4. The predicted octanol–water partition coefficient (Wildman–Crippen LogP) is 14.4. The predicted molar refractivity (Wildman–Crippen MR) is 343 cm³/mol. The molecule has 80 heavy (non-hydrogen) atoms. The van der Waals surface area contributed by atoms with E-state index < -0.39 is 8.07 Å². The van der Waals surface area contributed by atoms with Crippen LogP contribution in [-0.2, 0) is 5.41 Å². The molecule has 0 amide bonds. The molecular formula is C74H73BN4Si. The summed E-state index contributed by atoms with van der Waals surface area (Å²) in [5, 5.41) is 5.50. The Morgan fingerprint density at radius 2 is 0.975 bits per heavy atom. The Kier molecular flexibility index (Phi) is 12.3. The van der Waals surface area contributed by atoms with E-state index in [-0.39, 0.29) is 17.7 Å². The average molecular weight is 1060 g/mol. The smallest absolute Gasteiger partial charge is 0.252 e. The average Bonchev–Trinajstić information content (AvgIpc) is 2.68. The summed E-state index contributed by atoms with van der Waals surface area (Å²) in [4.78, 5) is 11.3. The van der Waals surface area contributed by atoms with E-state index in [0.29, 0.717) is 12.1 Å². The second kappa shape index (κ2) is 19.9. The lowest BCUT2D eigenvalue weighted by atomic mass is 9.33. The van der Waals surface area contributed by atoms with Crippen LogP contribution in [0.25, 0.3) is 0 Å². The summed E-state index contributed by atoms with van der Waals surface area (Å²) in [5.74, 6) is 0. The molecule has 0 saturated heterocycles. The van der Waals surface area contributed by atoms with E-state index >= 15 is 0 Å². The second-order valence-corrected chi connectivity index (χ2v) is 28.5. The van der Waals surface area contributed by atoms with Crippen LogP contribution in [0.4, 0.5) is 51.2 Å². The second-order valence-electron chi connectivity index (χ2n) is 24.7. The number of fused-ring (bicyclic) bond motifs is 8. The van der Waals surface area contributed by atoms with E-state index in [1.807, 2.05) is 0 Å². The van der Waals surface area contributed by atoms with Crippen molar-refractivity contribution < 1.29 is 0 Å². The Balaban J connectivity index is 1.02. The van der Waals surface area contributed by atoms with Crippen molar-refractivity contribution in [3.63, 3.8) is 0 Å². The van der Waals surface area contributed by atoms with Crippen molar-refractivity contribution in [3.05, 3.63) is 230 Å². The van der Waals surface area contributed by atoms with Crippen LogP contribution in [-0.4, -0.2) is 32.4 Å². The van der Waals surface area contributed by atoms with Gasteiger partial charge in [-0.2, -0.15) is 0 Å². The molecule has 3 saturated carbocycles. The van der Waals surface area contributed by atoms with Crippen LogP contribution in [0.15, 0.2) is 224 Å². The summed E-state index contributed by atoms with van der Waals surface area (Å²) in [6.45, 7) is 5.40. The van der Waals surface area contributed by atoms with E-state index in [1.165, 1.54) is 171 Å².